The molecule has 0 saturated carbocycles. The molecule has 2 aromatic heterocycles. The highest BCUT2D eigenvalue weighted by molar-refractivity contribution is 5.94. The van der Waals surface area contributed by atoms with Gasteiger partial charge in [0, 0.05) is 36.6 Å². The fourth-order valence-corrected chi connectivity index (χ4v) is 2.58. The van der Waals surface area contributed by atoms with E-state index in [1.165, 1.54) is 6.92 Å². The van der Waals surface area contributed by atoms with Crippen LogP contribution in [0, 0.1) is 0 Å². The van der Waals surface area contributed by atoms with Gasteiger partial charge in [0.15, 0.2) is 17.2 Å². The standard InChI is InChI=1S/C20H22N4O4/c1-14(7-10-24-9-4-8-21-24)22-20(26)19-12-18(28-23-19)13-27-17-6-3-5-16(11-17)15(2)25/h3-6,8-9,11-12,14H,7,10,13H2,1-2H3,(H,22,26). The Balaban J connectivity index is 1.49. The predicted molar refractivity (Wildman–Crippen MR) is 101 cm³/mol. The van der Waals surface area contributed by atoms with E-state index in [-0.39, 0.29) is 30.0 Å². The van der Waals surface area contributed by atoms with Crippen LogP contribution >= 0.6 is 0 Å². The van der Waals surface area contributed by atoms with Crippen LogP contribution in [0.1, 0.15) is 46.9 Å². The summed E-state index contributed by atoms with van der Waals surface area (Å²) >= 11 is 0. The SMILES string of the molecule is CC(=O)c1cccc(OCc2cc(C(=O)NC(C)CCn3cccn3)no2)c1. The van der Waals surface area contributed by atoms with Gasteiger partial charge < -0.3 is 14.6 Å². The number of Topliss-reactive ketones (excluding diaryl/α,β-unsaturated/α-hetero) is 1. The van der Waals surface area contributed by atoms with E-state index in [0.717, 1.165) is 6.42 Å². The molecule has 0 aliphatic heterocycles. The minimum absolute atomic E-state index is 0.0363. The molecule has 8 heteroatoms. The molecular formula is C20H22N4O4. The third-order valence-corrected chi connectivity index (χ3v) is 4.14. The highest BCUT2D eigenvalue weighted by atomic mass is 16.5. The van der Waals surface area contributed by atoms with E-state index in [4.69, 9.17) is 9.26 Å². The topological polar surface area (TPSA) is 99.2 Å². The van der Waals surface area contributed by atoms with Crippen molar-refractivity contribution < 1.29 is 18.8 Å². The summed E-state index contributed by atoms with van der Waals surface area (Å²) in [7, 11) is 0. The molecule has 0 spiro atoms. The summed E-state index contributed by atoms with van der Waals surface area (Å²) in [5.74, 6) is 0.622. The maximum atomic E-state index is 12.3. The molecule has 1 atom stereocenters. The number of ketones is 1. The van der Waals surface area contributed by atoms with Gasteiger partial charge in [-0.2, -0.15) is 5.10 Å². The zero-order chi connectivity index (χ0) is 19.9. The average molecular weight is 382 g/mol. The van der Waals surface area contributed by atoms with E-state index in [9.17, 15) is 9.59 Å². The second-order valence-electron chi connectivity index (χ2n) is 6.48. The Hall–Kier alpha value is -3.42. The van der Waals surface area contributed by atoms with Gasteiger partial charge in [0.05, 0.1) is 0 Å². The third kappa shape index (κ3) is 5.29. The molecule has 0 bridgehead atoms. The summed E-state index contributed by atoms with van der Waals surface area (Å²) in [6, 6.07) is 10.2. The van der Waals surface area contributed by atoms with E-state index >= 15 is 0 Å². The number of nitrogens with one attached hydrogen (secondary N) is 1. The fourth-order valence-electron chi connectivity index (χ4n) is 2.58. The Bertz CT molecular complexity index is 933. The molecular weight excluding hydrogens is 360 g/mol. The van der Waals surface area contributed by atoms with Crippen molar-refractivity contribution >= 4 is 11.7 Å². The molecule has 0 aliphatic carbocycles. The molecule has 3 rings (SSSR count). The molecule has 1 N–H and O–H groups in total. The van der Waals surface area contributed by atoms with Crippen molar-refractivity contribution in [3.63, 3.8) is 0 Å². The van der Waals surface area contributed by atoms with Crippen molar-refractivity contribution in [2.24, 2.45) is 0 Å². The quantitative estimate of drug-likeness (QED) is 0.571. The second kappa shape index (κ2) is 8.98. The van der Waals surface area contributed by atoms with Gasteiger partial charge in [0.25, 0.3) is 5.91 Å². The zero-order valence-corrected chi connectivity index (χ0v) is 15.8. The Morgan fingerprint density at radius 3 is 2.89 bits per heavy atom. The lowest BCUT2D eigenvalue weighted by molar-refractivity contribution is 0.0927. The summed E-state index contributed by atoms with van der Waals surface area (Å²) in [6.07, 6.45) is 4.34. The van der Waals surface area contributed by atoms with Crippen molar-refractivity contribution in [2.75, 3.05) is 0 Å². The highest BCUT2D eigenvalue weighted by Crippen LogP contribution is 2.16. The summed E-state index contributed by atoms with van der Waals surface area (Å²) in [6.45, 7) is 4.24. The number of carbonyl (C=O) groups is 2. The first-order chi connectivity index (χ1) is 13.5. The van der Waals surface area contributed by atoms with Gasteiger partial charge in [-0.05, 0) is 38.5 Å². The molecule has 1 amide bonds. The van der Waals surface area contributed by atoms with Crippen LogP contribution in [0.3, 0.4) is 0 Å². The number of hydrogen-bond acceptors (Lipinski definition) is 6. The highest BCUT2D eigenvalue weighted by Gasteiger charge is 2.15. The molecule has 0 saturated heterocycles. The second-order valence-corrected chi connectivity index (χ2v) is 6.48. The largest absolute Gasteiger partial charge is 0.486 e. The Kier molecular flexibility index (Phi) is 6.21. The summed E-state index contributed by atoms with van der Waals surface area (Å²) in [5, 5.41) is 10.8. The molecule has 0 radical (unpaired) electrons. The zero-order valence-electron chi connectivity index (χ0n) is 15.8. The van der Waals surface area contributed by atoms with E-state index in [0.29, 0.717) is 23.6 Å². The van der Waals surface area contributed by atoms with Crippen LogP contribution in [-0.2, 0) is 13.2 Å². The minimum atomic E-state index is -0.304. The molecule has 0 aliphatic rings. The van der Waals surface area contributed by atoms with Gasteiger partial charge in [-0.3, -0.25) is 14.3 Å². The first-order valence-electron chi connectivity index (χ1n) is 8.99. The van der Waals surface area contributed by atoms with Crippen LogP contribution in [0.2, 0.25) is 0 Å². The normalized spacial score (nSPS) is 11.8. The Morgan fingerprint density at radius 1 is 1.29 bits per heavy atom. The number of ether oxygens (including phenoxy) is 1. The van der Waals surface area contributed by atoms with Crippen LogP contribution in [0.25, 0.3) is 0 Å². The van der Waals surface area contributed by atoms with E-state index in [2.05, 4.69) is 15.6 Å². The fraction of sp³-hybridized carbons (Fsp3) is 0.300. The Morgan fingerprint density at radius 2 is 2.14 bits per heavy atom. The molecule has 2 heterocycles. The molecule has 1 aromatic carbocycles. The number of benzene rings is 1. The smallest absolute Gasteiger partial charge is 0.273 e. The van der Waals surface area contributed by atoms with Crippen molar-refractivity contribution in [2.45, 2.75) is 39.5 Å². The molecule has 3 aromatic rings. The molecule has 1 unspecified atom stereocenters. The van der Waals surface area contributed by atoms with E-state index in [1.54, 1.807) is 36.5 Å². The first kappa shape index (κ1) is 19.3. The van der Waals surface area contributed by atoms with Gasteiger partial charge >= 0.3 is 0 Å². The maximum Gasteiger partial charge on any atom is 0.273 e. The Labute approximate surface area is 162 Å². The first-order valence-corrected chi connectivity index (χ1v) is 8.99. The van der Waals surface area contributed by atoms with Crippen molar-refractivity contribution in [3.8, 4) is 5.75 Å². The van der Waals surface area contributed by atoms with Gasteiger partial charge in [-0.25, -0.2) is 0 Å². The summed E-state index contributed by atoms with van der Waals surface area (Å²) in [5.41, 5.74) is 0.765. The van der Waals surface area contributed by atoms with Crippen molar-refractivity contribution in [3.05, 3.63) is 65.8 Å². The van der Waals surface area contributed by atoms with E-state index < -0.39 is 0 Å². The summed E-state index contributed by atoms with van der Waals surface area (Å²) in [4.78, 5) is 23.7. The van der Waals surface area contributed by atoms with Gasteiger partial charge in [-0.15, -0.1) is 0 Å². The monoisotopic (exact) mass is 382 g/mol. The van der Waals surface area contributed by atoms with Crippen LogP contribution in [0.5, 0.6) is 5.75 Å². The maximum absolute atomic E-state index is 12.3. The third-order valence-electron chi connectivity index (χ3n) is 4.14. The lowest BCUT2D eigenvalue weighted by atomic mass is 10.1. The van der Waals surface area contributed by atoms with Crippen molar-refractivity contribution in [1.29, 1.82) is 0 Å². The number of carbonyl (C=O) groups excluding carboxylic acids is 2. The number of nitrogens with zero attached hydrogens (tertiary/aromatic N) is 3. The molecule has 8 nitrogen and oxygen atoms in total. The predicted octanol–water partition coefficient (Wildman–Crippen LogP) is 2.86. The number of aromatic nitrogens is 3. The number of amides is 1. The minimum Gasteiger partial charge on any atom is -0.486 e. The number of rotatable bonds is 9. The number of hydrogen-bond donors (Lipinski definition) is 1. The van der Waals surface area contributed by atoms with Crippen LogP contribution in [0.15, 0.2) is 53.3 Å². The lowest BCUT2D eigenvalue weighted by Crippen LogP contribution is -2.33. The molecule has 28 heavy (non-hydrogen) atoms. The summed E-state index contributed by atoms with van der Waals surface area (Å²) < 4.78 is 12.6. The lowest BCUT2D eigenvalue weighted by Gasteiger charge is -2.12. The van der Waals surface area contributed by atoms with E-state index in [1.807, 2.05) is 23.9 Å². The van der Waals surface area contributed by atoms with Crippen molar-refractivity contribution in [1.82, 2.24) is 20.3 Å². The van der Waals surface area contributed by atoms with Crippen LogP contribution in [-0.4, -0.2) is 32.7 Å². The van der Waals surface area contributed by atoms with Gasteiger partial charge in [-0.1, -0.05) is 17.3 Å². The average Bonchev–Trinajstić information content (AvgIpc) is 3.37. The van der Waals surface area contributed by atoms with Gasteiger partial charge in [0.2, 0.25) is 0 Å². The van der Waals surface area contributed by atoms with Gasteiger partial charge in [0.1, 0.15) is 12.4 Å². The van der Waals surface area contributed by atoms with Crippen LogP contribution in [0.4, 0.5) is 0 Å². The van der Waals surface area contributed by atoms with Crippen LogP contribution < -0.4 is 10.1 Å². The molecule has 0 fully saturated rings. The molecule has 146 valence electrons. The number of aryl methyl sites for hydroxylation is 1.